The van der Waals surface area contributed by atoms with E-state index in [1.807, 2.05) is 0 Å². The zero-order valence-electron chi connectivity index (χ0n) is 55.5. The van der Waals surface area contributed by atoms with Crippen LogP contribution in [0.25, 0.3) is 0 Å². The van der Waals surface area contributed by atoms with Crippen molar-refractivity contribution >= 4 is 88.7 Å². The smallest absolute Gasteiger partial charge is 0.245 e. The van der Waals surface area contributed by atoms with Gasteiger partial charge in [-0.1, -0.05) is 60.7 Å². The van der Waals surface area contributed by atoms with E-state index in [2.05, 4.69) is 73.8 Å². The van der Waals surface area contributed by atoms with Crippen LogP contribution in [0.4, 0.5) is 0 Å². The zero-order valence-corrected chi connectivity index (χ0v) is 55.5. The number of aliphatic hydroxyl groups is 2. The van der Waals surface area contributed by atoms with Crippen LogP contribution in [0.3, 0.4) is 0 Å². The molecule has 0 fully saturated rings. The summed E-state index contributed by atoms with van der Waals surface area (Å²) in [6.07, 6.45) is 0.241. The fourth-order valence-electron chi connectivity index (χ4n) is 9.17. The minimum absolute atomic E-state index is 0.0249. The number of hydrogen-bond acceptors (Lipinski definition) is 20. The van der Waals surface area contributed by atoms with Crippen molar-refractivity contribution in [2.45, 2.75) is 164 Å². The second-order valence-electron chi connectivity index (χ2n) is 22.9. The number of nitrogens with two attached hydrogens (primary N) is 8. The number of carbonyl (C=O) groups excluding carboxylic acids is 13. The molecule has 30 N–H and O–H groups in total. The standard InChI is InChI=1S/C61H100N22O15/c1-34(75-47(87)32-74-59(98)49(36(3)85)83-57(96)44(29-38-18-8-5-9-19-38)77-48(88)31-72-46(86)30-73-53(92)39(64)28-37-16-6-4-7-17-37)51(90)79-43(23-15-27-71-61(68)69)55(94)81-41(21-11-13-25-63)56(95)82-45(33-84)58(97)76-35(2)52(91)80-42(22-14-26-70-60(66)67)54(93)78-40(50(65)89)20-10-12-24-62/h4-9,16-19,34-36,39-45,49,84-85H,10-15,20-33,62-64H2,1-3H3,(H2,65,89)(H,72,86)(H,73,92)(H,74,98)(H,75,87)(H,76,97)(H,77,88)(H,78,93)(H,79,90)(H,80,91)(H,81,94)(H,82,95)(H,83,96)(H4,66,67,70)(H4,68,69,71)/t34-,35-,36+,39-,40-,41-,42-,43-,44-,45+,49-/m0/s1. The van der Waals surface area contributed by atoms with Gasteiger partial charge in [0.05, 0.1) is 38.4 Å². The number of carbonyl (C=O) groups is 13. The first kappa shape index (κ1) is 84.0. The molecule has 98 heavy (non-hydrogen) atoms. The Morgan fingerprint density at radius 2 is 0.796 bits per heavy atom. The average Bonchev–Trinajstić information content (AvgIpc) is 0.887. The number of amides is 13. The lowest BCUT2D eigenvalue weighted by atomic mass is 10.0. The molecule has 0 aliphatic heterocycles. The summed E-state index contributed by atoms with van der Waals surface area (Å²) in [5.41, 5.74) is 46.0. The summed E-state index contributed by atoms with van der Waals surface area (Å²) < 4.78 is 0. The number of aliphatic hydroxyl groups excluding tert-OH is 2. The normalized spacial score (nSPS) is 14.2. The topological polar surface area (TPSA) is 640 Å². The number of nitrogens with one attached hydrogen (secondary N) is 12. The van der Waals surface area contributed by atoms with E-state index in [0.29, 0.717) is 31.4 Å². The van der Waals surface area contributed by atoms with Crippen molar-refractivity contribution in [3.05, 3.63) is 71.8 Å². The van der Waals surface area contributed by atoms with Crippen LogP contribution in [0.2, 0.25) is 0 Å². The van der Waals surface area contributed by atoms with Gasteiger partial charge in [-0.05, 0) is 116 Å². The molecule has 0 radical (unpaired) electrons. The molecule has 0 heterocycles. The fourth-order valence-corrected chi connectivity index (χ4v) is 9.17. The molecule has 0 bridgehead atoms. The van der Waals surface area contributed by atoms with E-state index in [4.69, 9.17) is 45.9 Å². The molecular formula is C61H100N22O15. The number of aliphatic imine (C=N–C) groups is 2. The summed E-state index contributed by atoms with van der Waals surface area (Å²) >= 11 is 0. The molecule has 0 saturated carbocycles. The zero-order chi connectivity index (χ0) is 73.3. The number of nitrogens with zero attached hydrogens (tertiary/aromatic N) is 2. The van der Waals surface area contributed by atoms with Crippen molar-refractivity contribution < 1.29 is 72.5 Å². The van der Waals surface area contributed by atoms with Crippen LogP contribution in [0.5, 0.6) is 0 Å². The van der Waals surface area contributed by atoms with Gasteiger partial charge in [0.2, 0.25) is 76.8 Å². The van der Waals surface area contributed by atoms with Crippen molar-refractivity contribution in [3.63, 3.8) is 0 Å². The highest BCUT2D eigenvalue weighted by atomic mass is 16.3. The lowest BCUT2D eigenvalue weighted by Gasteiger charge is -2.26. The molecule has 2 aromatic carbocycles. The van der Waals surface area contributed by atoms with Crippen molar-refractivity contribution in [1.29, 1.82) is 0 Å². The molecule has 37 nitrogen and oxygen atoms in total. The van der Waals surface area contributed by atoms with E-state index in [1.54, 1.807) is 60.7 Å². The Morgan fingerprint density at radius 1 is 0.408 bits per heavy atom. The first-order chi connectivity index (χ1) is 46.5. The number of guanidine groups is 2. The Morgan fingerprint density at radius 3 is 1.27 bits per heavy atom. The van der Waals surface area contributed by atoms with Gasteiger partial charge in [-0.25, -0.2) is 0 Å². The second-order valence-corrected chi connectivity index (χ2v) is 22.9. The molecule has 544 valence electrons. The molecule has 0 aromatic heterocycles. The SMILES string of the molecule is C[C@H](NC(=O)CNC(=O)[C@@H](NC(=O)[C@H](Cc1ccccc1)NC(=O)CNC(=O)CNC(=O)[C@@H](N)Cc1ccccc1)[C@@H](C)O)C(=O)N[C@@H](CCCN=C(N)N)C(=O)N[C@@H](CCCCN)C(=O)N[C@H](CO)C(=O)N[C@@H](C)C(=O)N[C@@H](CCCN=C(N)N)C(=O)N[C@@H](CCCCN)C(N)=O. The maximum Gasteiger partial charge on any atom is 0.245 e. The van der Waals surface area contributed by atoms with Gasteiger partial charge in [0.25, 0.3) is 0 Å². The van der Waals surface area contributed by atoms with Crippen molar-refractivity contribution in [3.8, 4) is 0 Å². The van der Waals surface area contributed by atoms with E-state index in [9.17, 15) is 72.5 Å². The first-order valence-corrected chi connectivity index (χ1v) is 32.0. The Bertz CT molecular complexity index is 2990. The number of rotatable bonds is 47. The van der Waals surface area contributed by atoms with Crippen LogP contribution in [-0.2, 0) is 75.2 Å². The van der Waals surface area contributed by atoms with Crippen molar-refractivity contribution in [1.82, 2.24) is 63.8 Å². The predicted octanol–water partition coefficient (Wildman–Crippen LogP) is -9.23. The second kappa shape index (κ2) is 46.1. The summed E-state index contributed by atoms with van der Waals surface area (Å²) in [4.78, 5) is 181. The van der Waals surface area contributed by atoms with Gasteiger partial charge in [0.1, 0.15) is 54.4 Å². The van der Waals surface area contributed by atoms with E-state index in [0.717, 1.165) is 5.56 Å². The highest BCUT2D eigenvalue weighted by molar-refractivity contribution is 5.99. The highest BCUT2D eigenvalue weighted by Crippen LogP contribution is 2.10. The summed E-state index contributed by atoms with van der Waals surface area (Å²) in [6.45, 7) is 1.22. The van der Waals surface area contributed by atoms with E-state index in [-0.39, 0.29) is 89.3 Å². The Balaban J connectivity index is 2.18. The number of benzene rings is 2. The molecule has 2 rings (SSSR count). The minimum Gasteiger partial charge on any atom is -0.394 e. The largest absolute Gasteiger partial charge is 0.394 e. The summed E-state index contributed by atoms with van der Waals surface area (Å²) in [5, 5.41) is 50.1. The minimum atomic E-state index is -1.73. The van der Waals surface area contributed by atoms with Crippen LogP contribution in [0.15, 0.2) is 70.6 Å². The van der Waals surface area contributed by atoms with Gasteiger partial charge >= 0.3 is 0 Å². The highest BCUT2D eigenvalue weighted by Gasteiger charge is 2.34. The Kier molecular flexibility index (Phi) is 39.5. The molecule has 0 saturated heterocycles. The predicted molar refractivity (Wildman–Crippen MR) is 360 cm³/mol. The van der Waals surface area contributed by atoms with Crippen LogP contribution in [-0.4, -0.2) is 218 Å². The number of primary amides is 1. The number of unbranched alkanes of at least 4 members (excludes halogenated alkanes) is 2. The van der Waals surface area contributed by atoms with E-state index < -0.39 is 170 Å². The molecule has 13 amide bonds. The average molecular weight is 1380 g/mol. The molecule has 0 aliphatic carbocycles. The molecule has 0 unspecified atom stereocenters. The molecule has 2 aromatic rings. The van der Waals surface area contributed by atoms with Crippen LogP contribution in [0.1, 0.15) is 96.1 Å². The summed E-state index contributed by atoms with van der Waals surface area (Å²) in [7, 11) is 0. The maximum atomic E-state index is 14.1. The van der Waals surface area contributed by atoms with Gasteiger partial charge < -0.3 is 120 Å². The van der Waals surface area contributed by atoms with E-state index in [1.165, 1.54) is 20.8 Å². The maximum absolute atomic E-state index is 14.1. The third-order valence-electron chi connectivity index (χ3n) is 14.6. The van der Waals surface area contributed by atoms with Crippen molar-refractivity contribution in [2.75, 3.05) is 52.4 Å². The summed E-state index contributed by atoms with van der Waals surface area (Å²) in [5.74, 6) is -12.1. The third-order valence-corrected chi connectivity index (χ3v) is 14.6. The Labute approximate surface area is 567 Å². The molecule has 11 atom stereocenters. The molecule has 0 aliphatic rings. The molecule has 0 spiro atoms. The fraction of sp³-hybridized carbons (Fsp3) is 0.557. The molecular weight excluding hydrogens is 1280 g/mol. The monoisotopic (exact) mass is 1380 g/mol. The van der Waals surface area contributed by atoms with Crippen LogP contribution < -0.4 is 110 Å². The van der Waals surface area contributed by atoms with Crippen LogP contribution >= 0.6 is 0 Å². The van der Waals surface area contributed by atoms with Gasteiger partial charge in [-0.3, -0.25) is 72.3 Å². The van der Waals surface area contributed by atoms with Gasteiger partial charge in [-0.15, -0.1) is 0 Å². The van der Waals surface area contributed by atoms with Gasteiger partial charge in [0.15, 0.2) is 11.9 Å². The van der Waals surface area contributed by atoms with E-state index >= 15 is 0 Å². The lowest BCUT2D eigenvalue weighted by molar-refractivity contribution is -0.136. The van der Waals surface area contributed by atoms with Crippen LogP contribution in [0, 0.1) is 0 Å². The molecule has 37 heteroatoms. The lowest BCUT2D eigenvalue weighted by Crippen LogP contribution is -2.60. The quantitative estimate of drug-likeness (QED) is 0.0166. The van der Waals surface area contributed by atoms with Crippen molar-refractivity contribution in [2.24, 2.45) is 55.9 Å². The summed E-state index contributed by atoms with van der Waals surface area (Å²) in [6, 6.07) is 3.43. The Hall–Kier alpha value is -10.1. The first-order valence-electron chi connectivity index (χ1n) is 32.0. The number of hydrogen-bond donors (Lipinski definition) is 22. The third kappa shape index (κ3) is 34.0. The van der Waals surface area contributed by atoms with Gasteiger partial charge in [0, 0.05) is 19.5 Å². The van der Waals surface area contributed by atoms with Gasteiger partial charge in [-0.2, -0.15) is 0 Å².